The molecule has 144 valence electrons. The molecule has 1 amide bonds. The van der Waals surface area contributed by atoms with E-state index in [2.05, 4.69) is 31.3 Å². The molecule has 3 rings (SSSR count). The van der Waals surface area contributed by atoms with Crippen molar-refractivity contribution < 1.29 is 9.53 Å². The van der Waals surface area contributed by atoms with Crippen molar-refractivity contribution >= 4 is 17.5 Å². The summed E-state index contributed by atoms with van der Waals surface area (Å²) in [6.45, 7) is 6.50. The highest BCUT2D eigenvalue weighted by molar-refractivity contribution is 6.31. The number of halogens is 1. The first-order valence-corrected chi connectivity index (χ1v) is 9.66. The van der Waals surface area contributed by atoms with E-state index in [1.54, 1.807) is 18.2 Å². The Bertz CT molecular complexity index is 970. The smallest absolute Gasteiger partial charge is 0.255 e. The highest BCUT2D eigenvalue weighted by atomic mass is 35.5. The molecule has 28 heavy (non-hydrogen) atoms. The number of amides is 1. The molecule has 3 aromatic rings. The SMILES string of the molecule is Cc1ccc([C@H](C)NC(=O)c2cc(Cl)ccc2OCc2ccccc2)cc1C. The Balaban J connectivity index is 1.76. The summed E-state index contributed by atoms with van der Waals surface area (Å²) in [6.07, 6.45) is 0. The molecule has 0 heterocycles. The van der Waals surface area contributed by atoms with Gasteiger partial charge in [0.2, 0.25) is 0 Å². The average Bonchev–Trinajstić information content (AvgIpc) is 2.69. The summed E-state index contributed by atoms with van der Waals surface area (Å²) >= 11 is 6.13. The summed E-state index contributed by atoms with van der Waals surface area (Å²) in [5.74, 6) is 0.300. The first-order valence-electron chi connectivity index (χ1n) is 9.28. The van der Waals surface area contributed by atoms with Crippen LogP contribution in [-0.2, 0) is 6.61 Å². The molecule has 0 unspecified atom stereocenters. The third-order valence-electron chi connectivity index (χ3n) is 4.80. The van der Waals surface area contributed by atoms with Gasteiger partial charge in [-0.25, -0.2) is 0 Å². The topological polar surface area (TPSA) is 38.3 Å². The van der Waals surface area contributed by atoms with Crippen LogP contribution in [0.15, 0.2) is 66.7 Å². The van der Waals surface area contributed by atoms with Crippen LogP contribution in [0.25, 0.3) is 0 Å². The first-order chi connectivity index (χ1) is 13.4. The lowest BCUT2D eigenvalue weighted by atomic mass is 10.0. The van der Waals surface area contributed by atoms with E-state index < -0.39 is 0 Å². The van der Waals surface area contributed by atoms with Gasteiger partial charge in [0.1, 0.15) is 12.4 Å². The number of carbonyl (C=O) groups excluding carboxylic acids is 1. The molecule has 0 aliphatic carbocycles. The molecule has 0 bridgehead atoms. The van der Waals surface area contributed by atoms with Gasteiger partial charge in [0.15, 0.2) is 0 Å². The normalized spacial score (nSPS) is 11.7. The van der Waals surface area contributed by atoms with Gasteiger partial charge in [-0.1, -0.05) is 60.1 Å². The van der Waals surface area contributed by atoms with Crippen molar-refractivity contribution in [3.8, 4) is 5.75 Å². The van der Waals surface area contributed by atoms with Crippen LogP contribution in [0, 0.1) is 13.8 Å². The number of rotatable bonds is 6. The molecule has 0 saturated carbocycles. The summed E-state index contributed by atoms with van der Waals surface area (Å²) < 4.78 is 5.90. The Morgan fingerprint density at radius 3 is 2.46 bits per heavy atom. The van der Waals surface area contributed by atoms with Gasteiger partial charge in [-0.3, -0.25) is 4.79 Å². The fraction of sp³-hybridized carbons (Fsp3) is 0.208. The molecule has 1 N–H and O–H groups in total. The van der Waals surface area contributed by atoms with Gasteiger partial charge in [-0.2, -0.15) is 0 Å². The van der Waals surface area contributed by atoms with Gasteiger partial charge in [0, 0.05) is 5.02 Å². The lowest BCUT2D eigenvalue weighted by Crippen LogP contribution is -2.27. The van der Waals surface area contributed by atoms with Gasteiger partial charge in [-0.05, 0) is 61.2 Å². The zero-order valence-corrected chi connectivity index (χ0v) is 17.1. The van der Waals surface area contributed by atoms with E-state index >= 15 is 0 Å². The van der Waals surface area contributed by atoms with Crippen LogP contribution in [0.2, 0.25) is 5.02 Å². The highest BCUT2D eigenvalue weighted by Gasteiger charge is 2.17. The molecule has 0 fully saturated rings. The Morgan fingerprint density at radius 2 is 1.75 bits per heavy atom. The molecule has 0 saturated heterocycles. The van der Waals surface area contributed by atoms with E-state index in [1.807, 2.05) is 43.3 Å². The van der Waals surface area contributed by atoms with Crippen molar-refractivity contribution in [3.63, 3.8) is 0 Å². The number of ether oxygens (including phenoxy) is 1. The summed E-state index contributed by atoms with van der Waals surface area (Å²) in [5, 5.41) is 3.54. The number of benzene rings is 3. The van der Waals surface area contributed by atoms with Crippen LogP contribution in [0.1, 0.15) is 45.6 Å². The van der Waals surface area contributed by atoms with E-state index in [0.717, 1.165) is 11.1 Å². The van der Waals surface area contributed by atoms with Crippen LogP contribution in [0.5, 0.6) is 5.75 Å². The zero-order chi connectivity index (χ0) is 20.1. The Kier molecular flexibility index (Phi) is 6.37. The van der Waals surface area contributed by atoms with Crippen molar-refractivity contribution in [2.75, 3.05) is 0 Å². The molecule has 0 aliphatic heterocycles. The summed E-state index contributed by atoms with van der Waals surface area (Å²) in [7, 11) is 0. The Labute approximate surface area is 171 Å². The minimum absolute atomic E-state index is 0.132. The molecular weight excluding hydrogens is 370 g/mol. The second kappa shape index (κ2) is 8.94. The van der Waals surface area contributed by atoms with E-state index in [-0.39, 0.29) is 11.9 Å². The van der Waals surface area contributed by atoms with Crippen molar-refractivity contribution in [2.45, 2.75) is 33.4 Å². The number of carbonyl (C=O) groups is 1. The van der Waals surface area contributed by atoms with Gasteiger partial charge in [0.05, 0.1) is 11.6 Å². The fourth-order valence-corrected chi connectivity index (χ4v) is 3.10. The zero-order valence-electron chi connectivity index (χ0n) is 16.3. The lowest BCUT2D eigenvalue weighted by Gasteiger charge is -2.17. The van der Waals surface area contributed by atoms with Crippen molar-refractivity contribution in [1.82, 2.24) is 5.32 Å². The second-order valence-electron chi connectivity index (χ2n) is 6.95. The predicted molar refractivity (Wildman–Crippen MR) is 114 cm³/mol. The van der Waals surface area contributed by atoms with Crippen LogP contribution in [-0.4, -0.2) is 5.91 Å². The van der Waals surface area contributed by atoms with Gasteiger partial charge < -0.3 is 10.1 Å². The van der Waals surface area contributed by atoms with Gasteiger partial charge in [0.25, 0.3) is 5.91 Å². The number of aryl methyl sites for hydroxylation is 2. The van der Waals surface area contributed by atoms with Crippen molar-refractivity contribution in [1.29, 1.82) is 0 Å². The Morgan fingerprint density at radius 1 is 1.00 bits per heavy atom. The standard InChI is InChI=1S/C24H24ClNO2/c1-16-9-10-20(13-17(16)2)18(3)26-24(27)22-14-21(25)11-12-23(22)28-15-19-7-5-4-6-8-19/h4-14,18H,15H2,1-3H3,(H,26,27)/t18-/m0/s1. The molecule has 1 atom stereocenters. The van der Waals surface area contributed by atoms with Crippen LogP contribution in [0.4, 0.5) is 0 Å². The maximum atomic E-state index is 12.9. The van der Waals surface area contributed by atoms with E-state index in [9.17, 15) is 4.79 Å². The summed E-state index contributed by atoms with van der Waals surface area (Å²) in [6, 6.07) is 21.0. The monoisotopic (exact) mass is 393 g/mol. The lowest BCUT2D eigenvalue weighted by molar-refractivity contribution is 0.0935. The van der Waals surface area contributed by atoms with Gasteiger partial charge in [-0.15, -0.1) is 0 Å². The fourth-order valence-electron chi connectivity index (χ4n) is 2.93. The second-order valence-corrected chi connectivity index (χ2v) is 7.39. The number of hydrogen-bond acceptors (Lipinski definition) is 2. The highest BCUT2D eigenvalue weighted by Crippen LogP contribution is 2.25. The van der Waals surface area contributed by atoms with Crippen molar-refractivity contribution in [2.24, 2.45) is 0 Å². The first kappa shape index (κ1) is 20.0. The summed E-state index contributed by atoms with van der Waals surface area (Å²) in [5.41, 5.74) is 4.96. The maximum absolute atomic E-state index is 12.9. The molecule has 0 aliphatic rings. The molecule has 3 aromatic carbocycles. The van der Waals surface area contributed by atoms with E-state index in [0.29, 0.717) is 22.9 Å². The predicted octanol–water partition coefficient (Wildman–Crippen LogP) is 6.03. The van der Waals surface area contributed by atoms with Crippen LogP contribution in [0.3, 0.4) is 0 Å². The largest absolute Gasteiger partial charge is 0.488 e. The van der Waals surface area contributed by atoms with E-state index in [4.69, 9.17) is 16.3 Å². The molecular formula is C24H24ClNO2. The molecule has 0 aromatic heterocycles. The Hall–Kier alpha value is -2.78. The minimum Gasteiger partial charge on any atom is -0.488 e. The number of nitrogens with one attached hydrogen (secondary N) is 1. The average molecular weight is 394 g/mol. The van der Waals surface area contributed by atoms with Gasteiger partial charge >= 0.3 is 0 Å². The molecule has 0 radical (unpaired) electrons. The van der Waals surface area contributed by atoms with Crippen molar-refractivity contribution in [3.05, 3.63) is 99.6 Å². The molecule has 3 nitrogen and oxygen atoms in total. The summed E-state index contributed by atoms with van der Waals surface area (Å²) in [4.78, 5) is 12.9. The molecule has 0 spiro atoms. The van der Waals surface area contributed by atoms with Crippen LogP contribution >= 0.6 is 11.6 Å². The maximum Gasteiger partial charge on any atom is 0.255 e. The third-order valence-corrected chi connectivity index (χ3v) is 5.04. The minimum atomic E-state index is -0.212. The third kappa shape index (κ3) is 4.93. The quantitative estimate of drug-likeness (QED) is 0.555. The van der Waals surface area contributed by atoms with Crippen LogP contribution < -0.4 is 10.1 Å². The molecule has 4 heteroatoms. The van der Waals surface area contributed by atoms with E-state index in [1.165, 1.54) is 11.1 Å². The number of hydrogen-bond donors (Lipinski definition) is 1.